The molecule has 7 heteroatoms. The van der Waals surface area contributed by atoms with Gasteiger partial charge in [0.25, 0.3) is 0 Å². The van der Waals surface area contributed by atoms with Gasteiger partial charge < -0.3 is 15.2 Å². The molecule has 0 aliphatic carbocycles. The lowest BCUT2D eigenvalue weighted by Gasteiger charge is -2.07. The van der Waals surface area contributed by atoms with Gasteiger partial charge in [-0.15, -0.1) is 0 Å². The largest absolute Gasteiger partial charge is 0.418 e. The Morgan fingerprint density at radius 1 is 1.26 bits per heavy atom. The van der Waals surface area contributed by atoms with E-state index >= 15 is 0 Å². The van der Waals surface area contributed by atoms with E-state index < -0.39 is 11.7 Å². The minimum absolute atomic E-state index is 0.000741. The van der Waals surface area contributed by atoms with Crippen LogP contribution >= 0.6 is 0 Å². The van der Waals surface area contributed by atoms with Crippen molar-refractivity contribution in [3.05, 3.63) is 36.0 Å². The predicted octanol–water partition coefficient (Wildman–Crippen LogP) is 3.42. The summed E-state index contributed by atoms with van der Waals surface area (Å²) in [7, 11) is 0. The van der Waals surface area contributed by atoms with Crippen molar-refractivity contribution in [2.45, 2.75) is 6.18 Å². The number of nitrogens with zero attached hydrogens (tertiary/aromatic N) is 1. The molecular formula is C12H8F3N3O. The normalized spacial score (nSPS) is 12.2. The highest BCUT2D eigenvalue weighted by Crippen LogP contribution is 2.36. The topological polar surface area (TPSA) is 67.8 Å². The molecule has 0 bridgehead atoms. The highest BCUT2D eigenvalue weighted by Gasteiger charge is 2.33. The Balaban J connectivity index is 2.25. The number of hydrogen-bond donors (Lipinski definition) is 2. The van der Waals surface area contributed by atoms with E-state index in [0.717, 1.165) is 6.07 Å². The summed E-state index contributed by atoms with van der Waals surface area (Å²) >= 11 is 0. The van der Waals surface area contributed by atoms with Gasteiger partial charge in [0.15, 0.2) is 0 Å². The van der Waals surface area contributed by atoms with Crippen molar-refractivity contribution >= 4 is 16.6 Å². The maximum Gasteiger partial charge on any atom is 0.418 e. The quantitative estimate of drug-likeness (QED) is 0.709. The monoisotopic (exact) mass is 267 g/mol. The van der Waals surface area contributed by atoms with Gasteiger partial charge in [-0.25, -0.2) is 0 Å². The zero-order chi connectivity index (χ0) is 13.6. The number of halogens is 3. The van der Waals surface area contributed by atoms with Crippen LogP contribution in [0.2, 0.25) is 0 Å². The summed E-state index contributed by atoms with van der Waals surface area (Å²) in [4.78, 5) is 2.68. The molecule has 0 fully saturated rings. The first-order valence-corrected chi connectivity index (χ1v) is 5.36. The maximum atomic E-state index is 12.9. The van der Waals surface area contributed by atoms with Crippen molar-refractivity contribution in [2.24, 2.45) is 0 Å². The van der Waals surface area contributed by atoms with Gasteiger partial charge in [0, 0.05) is 5.39 Å². The molecule has 3 N–H and O–H groups in total. The lowest BCUT2D eigenvalue weighted by atomic mass is 10.1. The average molecular weight is 267 g/mol. The van der Waals surface area contributed by atoms with Gasteiger partial charge in [-0.1, -0.05) is 17.3 Å². The Morgan fingerprint density at radius 3 is 2.68 bits per heavy atom. The van der Waals surface area contributed by atoms with E-state index in [9.17, 15) is 13.2 Å². The number of hydrogen-bond acceptors (Lipinski definition) is 3. The molecular weight excluding hydrogens is 259 g/mol. The maximum absolute atomic E-state index is 12.9. The number of anilines is 1. The fraction of sp³-hybridized carbons (Fsp3) is 0.0833. The summed E-state index contributed by atoms with van der Waals surface area (Å²) in [6, 6.07) is 5.50. The van der Waals surface area contributed by atoms with Gasteiger partial charge >= 0.3 is 6.18 Å². The number of nitrogen functional groups attached to an aromatic ring is 1. The van der Waals surface area contributed by atoms with Crippen LogP contribution in [-0.2, 0) is 6.18 Å². The van der Waals surface area contributed by atoms with E-state index in [1.54, 1.807) is 12.1 Å². The number of aromatic nitrogens is 2. The second-order valence-electron chi connectivity index (χ2n) is 4.06. The first-order valence-electron chi connectivity index (χ1n) is 5.36. The standard InChI is InChI=1S/C12H8F3N3O/c13-12(14,15)7-3-1-2-6-4-9(18-10(6)7)11-8(16)5-17-19-11/h1-5,18H,16H2. The molecule has 0 radical (unpaired) electrons. The first kappa shape index (κ1) is 11.6. The summed E-state index contributed by atoms with van der Waals surface area (Å²) in [5, 5.41) is 3.93. The average Bonchev–Trinajstić information content (AvgIpc) is 2.91. The van der Waals surface area contributed by atoms with Crippen LogP contribution in [0.5, 0.6) is 0 Å². The fourth-order valence-corrected chi connectivity index (χ4v) is 1.97. The molecule has 1 aromatic carbocycles. The zero-order valence-corrected chi connectivity index (χ0v) is 9.45. The van der Waals surface area contributed by atoms with E-state index in [-0.39, 0.29) is 17.0 Å². The molecule has 0 atom stereocenters. The van der Waals surface area contributed by atoms with E-state index in [0.29, 0.717) is 11.1 Å². The molecule has 0 spiro atoms. The number of benzene rings is 1. The number of fused-ring (bicyclic) bond motifs is 1. The number of rotatable bonds is 1. The summed E-state index contributed by atoms with van der Waals surface area (Å²) in [6.45, 7) is 0. The Kier molecular flexibility index (Phi) is 2.31. The fourth-order valence-electron chi connectivity index (χ4n) is 1.97. The number of nitrogens with two attached hydrogens (primary N) is 1. The molecule has 4 nitrogen and oxygen atoms in total. The van der Waals surface area contributed by atoms with Crippen LogP contribution < -0.4 is 5.73 Å². The van der Waals surface area contributed by atoms with E-state index in [2.05, 4.69) is 10.1 Å². The van der Waals surface area contributed by atoms with E-state index in [1.807, 2.05) is 0 Å². The lowest BCUT2D eigenvalue weighted by molar-refractivity contribution is -0.136. The van der Waals surface area contributed by atoms with Crippen molar-refractivity contribution in [3.63, 3.8) is 0 Å². The van der Waals surface area contributed by atoms with Gasteiger partial charge in [0.2, 0.25) is 5.76 Å². The third kappa shape index (κ3) is 1.83. The second kappa shape index (κ2) is 3.78. The third-order valence-corrected chi connectivity index (χ3v) is 2.80. The van der Waals surface area contributed by atoms with Crippen molar-refractivity contribution in [1.29, 1.82) is 0 Å². The van der Waals surface area contributed by atoms with Crippen molar-refractivity contribution in [2.75, 3.05) is 5.73 Å². The molecule has 0 saturated heterocycles. The van der Waals surface area contributed by atoms with Crippen molar-refractivity contribution in [3.8, 4) is 11.5 Å². The molecule has 19 heavy (non-hydrogen) atoms. The van der Waals surface area contributed by atoms with Crippen LogP contribution in [0.4, 0.5) is 18.9 Å². The van der Waals surface area contributed by atoms with Crippen molar-refractivity contribution < 1.29 is 17.7 Å². The molecule has 98 valence electrons. The molecule has 0 aliphatic heterocycles. The van der Waals surface area contributed by atoms with Crippen molar-refractivity contribution in [1.82, 2.24) is 10.1 Å². The van der Waals surface area contributed by atoms with Gasteiger partial charge in [0.05, 0.1) is 23.0 Å². The Hall–Kier alpha value is -2.44. The number of aromatic amines is 1. The lowest BCUT2D eigenvalue weighted by Crippen LogP contribution is -2.05. The number of para-hydroxylation sites is 1. The summed E-state index contributed by atoms with van der Waals surface area (Å²) in [5.74, 6) is 0.226. The van der Waals surface area contributed by atoms with Gasteiger partial charge in [-0.2, -0.15) is 13.2 Å². The smallest absolute Gasteiger partial charge is 0.394 e. The third-order valence-electron chi connectivity index (χ3n) is 2.80. The molecule has 2 aromatic heterocycles. The minimum atomic E-state index is -4.42. The highest BCUT2D eigenvalue weighted by atomic mass is 19.4. The molecule has 3 aromatic rings. The van der Waals surface area contributed by atoms with Gasteiger partial charge in [-0.3, -0.25) is 0 Å². The SMILES string of the molecule is Nc1cnoc1-c1cc2cccc(C(F)(F)F)c2[nH]1. The summed E-state index contributed by atoms with van der Waals surface area (Å²) in [5.41, 5.74) is 5.52. The minimum Gasteiger partial charge on any atom is -0.394 e. The molecule has 3 rings (SSSR count). The van der Waals surface area contributed by atoms with E-state index in [1.165, 1.54) is 12.3 Å². The predicted molar refractivity (Wildman–Crippen MR) is 63.2 cm³/mol. The molecule has 0 aliphatic rings. The second-order valence-corrected chi connectivity index (χ2v) is 4.06. The molecule has 0 unspecified atom stereocenters. The van der Waals surface area contributed by atoms with Crippen LogP contribution in [0, 0.1) is 0 Å². The number of nitrogens with one attached hydrogen (secondary N) is 1. The van der Waals surface area contributed by atoms with Gasteiger partial charge in [0.1, 0.15) is 5.69 Å². The first-order chi connectivity index (χ1) is 8.97. The Labute approximate surface area is 105 Å². The van der Waals surface area contributed by atoms with Crippen LogP contribution in [0.25, 0.3) is 22.4 Å². The van der Waals surface area contributed by atoms with Crippen LogP contribution in [0.3, 0.4) is 0 Å². The molecule has 0 saturated carbocycles. The number of alkyl halides is 3. The van der Waals surface area contributed by atoms with Crippen LogP contribution in [0.1, 0.15) is 5.56 Å². The summed E-state index contributed by atoms with van der Waals surface area (Å²) < 4.78 is 43.5. The van der Waals surface area contributed by atoms with Gasteiger partial charge in [-0.05, 0) is 12.1 Å². The number of H-pyrrole nitrogens is 1. The highest BCUT2D eigenvalue weighted by molar-refractivity contribution is 5.89. The van der Waals surface area contributed by atoms with Crippen LogP contribution in [0.15, 0.2) is 35.0 Å². The molecule has 2 heterocycles. The Bertz CT molecular complexity index is 742. The Morgan fingerprint density at radius 2 is 2.05 bits per heavy atom. The van der Waals surface area contributed by atoms with E-state index in [4.69, 9.17) is 10.3 Å². The molecule has 0 amide bonds. The zero-order valence-electron chi connectivity index (χ0n) is 9.45. The summed E-state index contributed by atoms with van der Waals surface area (Å²) in [6.07, 6.45) is -3.12. The van der Waals surface area contributed by atoms with Crippen LogP contribution in [-0.4, -0.2) is 10.1 Å².